The molecule has 8 heteroatoms. The number of hydrogen-bond donors (Lipinski definition) is 4. The average molecular weight is 326 g/mol. The summed E-state index contributed by atoms with van der Waals surface area (Å²) in [5, 5.41) is 35.2. The lowest BCUT2D eigenvalue weighted by Gasteiger charge is -2.33. The van der Waals surface area contributed by atoms with Crippen molar-refractivity contribution in [1.29, 1.82) is 0 Å². The van der Waals surface area contributed by atoms with E-state index in [0.717, 1.165) is 0 Å². The number of aliphatic hydroxyl groups excluding tert-OH is 4. The lowest BCUT2D eigenvalue weighted by molar-refractivity contribution is -0.0926. The Kier molecular flexibility index (Phi) is 15.3. The summed E-state index contributed by atoms with van der Waals surface area (Å²) in [6.07, 6.45) is 0.565. The highest BCUT2D eigenvalue weighted by atomic mass is 16.5. The number of rotatable bonds is 17. The Balaban J connectivity index is 4.53. The van der Waals surface area contributed by atoms with Crippen LogP contribution in [0.3, 0.4) is 0 Å². The summed E-state index contributed by atoms with van der Waals surface area (Å²) >= 11 is 0. The maximum Gasteiger partial charge on any atom is 0.0698 e. The van der Waals surface area contributed by atoms with Gasteiger partial charge in [-0.3, -0.25) is 0 Å². The van der Waals surface area contributed by atoms with E-state index in [-0.39, 0.29) is 52.9 Å². The summed E-state index contributed by atoms with van der Waals surface area (Å²) < 4.78 is 21.6. The fraction of sp³-hybridized carbons (Fsp3) is 1.00. The number of hydrogen-bond acceptors (Lipinski definition) is 8. The Bertz CT molecular complexity index is 200. The van der Waals surface area contributed by atoms with E-state index in [1.807, 2.05) is 0 Å². The van der Waals surface area contributed by atoms with Crippen LogP contribution in [0.1, 0.15) is 6.42 Å². The monoisotopic (exact) mass is 326 g/mol. The van der Waals surface area contributed by atoms with E-state index in [0.29, 0.717) is 32.8 Å². The smallest absolute Gasteiger partial charge is 0.0698 e. The largest absolute Gasteiger partial charge is 0.394 e. The summed E-state index contributed by atoms with van der Waals surface area (Å²) in [6, 6.07) is 0. The molecule has 0 aromatic heterocycles. The van der Waals surface area contributed by atoms with Crippen molar-refractivity contribution < 1.29 is 39.4 Å². The van der Waals surface area contributed by atoms with E-state index in [1.54, 1.807) is 0 Å². The Morgan fingerprint density at radius 3 is 1.23 bits per heavy atom. The number of ether oxygens (including phenoxy) is 4. The van der Waals surface area contributed by atoms with Gasteiger partial charge >= 0.3 is 0 Å². The van der Waals surface area contributed by atoms with Gasteiger partial charge in [0, 0.05) is 12.0 Å². The molecule has 134 valence electrons. The molecule has 0 bridgehead atoms. The van der Waals surface area contributed by atoms with Crippen LogP contribution < -0.4 is 0 Å². The minimum absolute atomic E-state index is 0.0456. The van der Waals surface area contributed by atoms with E-state index in [9.17, 15) is 0 Å². The van der Waals surface area contributed by atoms with Crippen LogP contribution in [0.5, 0.6) is 0 Å². The second-order valence-corrected chi connectivity index (χ2v) is 4.91. The molecule has 0 fully saturated rings. The maximum atomic E-state index is 8.83. The van der Waals surface area contributed by atoms with Crippen LogP contribution in [0.25, 0.3) is 0 Å². The second kappa shape index (κ2) is 15.6. The second-order valence-electron chi connectivity index (χ2n) is 4.91. The zero-order valence-electron chi connectivity index (χ0n) is 13.1. The fourth-order valence-electron chi connectivity index (χ4n) is 1.86. The van der Waals surface area contributed by atoms with E-state index in [4.69, 9.17) is 39.4 Å². The van der Waals surface area contributed by atoms with Gasteiger partial charge in [-0.2, -0.15) is 0 Å². The standard InChI is InChI=1S/C14H30O8/c15-2-7-19-6-1-14(11-20-8-3-16,12-21-9-4-17)13-22-10-5-18/h15-18H,1-13H2. The molecule has 0 aliphatic rings. The van der Waals surface area contributed by atoms with Crippen molar-refractivity contribution in [3.05, 3.63) is 0 Å². The summed E-state index contributed by atoms with van der Waals surface area (Å²) in [7, 11) is 0. The molecule has 4 N–H and O–H groups in total. The van der Waals surface area contributed by atoms with E-state index >= 15 is 0 Å². The average Bonchev–Trinajstić information content (AvgIpc) is 2.52. The van der Waals surface area contributed by atoms with Gasteiger partial charge in [-0.25, -0.2) is 0 Å². The molecule has 0 unspecified atom stereocenters. The molecule has 0 aromatic rings. The van der Waals surface area contributed by atoms with Crippen LogP contribution in [-0.4, -0.2) is 99.7 Å². The van der Waals surface area contributed by atoms with Gasteiger partial charge in [-0.15, -0.1) is 0 Å². The van der Waals surface area contributed by atoms with Crippen LogP contribution in [-0.2, 0) is 18.9 Å². The first-order valence-electron chi connectivity index (χ1n) is 7.49. The Morgan fingerprint density at radius 2 is 0.864 bits per heavy atom. The quantitative estimate of drug-likeness (QED) is 0.236. The minimum Gasteiger partial charge on any atom is -0.394 e. The molecule has 22 heavy (non-hydrogen) atoms. The first kappa shape index (κ1) is 21.7. The van der Waals surface area contributed by atoms with Gasteiger partial charge in [0.2, 0.25) is 0 Å². The highest BCUT2D eigenvalue weighted by molar-refractivity contribution is 4.79. The summed E-state index contributed by atoms with van der Waals surface area (Å²) in [6.45, 7) is 1.89. The molecule has 0 atom stereocenters. The van der Waals surface area contributed by atoms with Crippen molar-refractivity contribution in [2.75, 3.05) is 79.3 Å². The topological polar surface area (TPSA) is 118 Å². The molecule has 0 aromatic carbocycles. The minimum atomic E-state index is -0.505. The summed E-state index contributed by atoms with van der Waals surface area (Å²) in [4.78, 5) is 0. The van der Waals surface area contributed by atoms with Gasteiger partial charge < -0.3 is 39.4 Å². The first-order chi connectivity index (χ1) is 10.7. The van der Waals surface area contributed by atoms with Crippen LogP contribution in [0.15, 0.2) is 0 Å². The van der Waals surface area contributed by atoms with Crippen molar-refractivity contribution in [2.24, 2.45) is 5.41 Å². The lowest BCUT2D eigenvalue weighted by Crippen LogP contribution is -2.39. The van der Waals surface area contributed by atoms with Gasteiger partial charge in [0.25, 0.3) is 0 Å². The molecule has 8 nitrogen and oxygen atoms in total. The molecule has 0 rings (SSSR count). The van der Waals surface area contributed by atoms with Crippen LogP contribution >= 0.6 is 0 Å². The highest BCUT2D eigenvalue weighted by Gasteiger charge is 2.31. The molecule has 0 saturated carbocycles. The molecule has 0 heterocycles. The molecule has 0 saturated heterocycles. The van der Waals surface area contributed by atoms with Crippen LogP contribution in [0.4, 0.5) is 0 Å². The van der Waals surface area contributed by atoms with E-state index in [2.05, 4.69) is 0 Å². The zero-order chi connectivity index (χ0) is 16.5. The molecule has 0 radical (unpaired) electrons. The van der Waals surface area contributed by atoms with Gasteiger partial charge in [0.1, 0.15) is 0 Å². The predicted molar refractivity (Wildman–Crippen MR) is 78.7 cm³/mol. The molecule has 0 spiro atoms. The van der Waals surface area contributed by atoms with Crippen molar-refractivity contribution >= 4 is 0 Å². The maximum absolute atomic E-state index is 8.83. The van der Waals surface area contributed by atoms with Gasteiger partial charge in [0.05, 0.1) is 72.7 Å². The highest BCUT2D eigenvalue weighted by Crippen LogP contribution is 2.24. The third-order valence-electron chi connectivity index (χ3n) is 2.94. The fourth-order valence-corrected chi connectivity index (χ4v) is 1.86. The summed E-state index contributed by atoms with van der Waals surface area (Å²) in [5.74, 6) is 0. The molecule has 0 amide bonds. The first-order valence-corrected chi connectivity index (χ1v) is 7.49. The van der Waals surface area contributed by atoms with Crippen molar-refractivity contribution in [1.82, 2.24) is 0 Å². The van der Waals surface area contributed by atoms with Gasteiger partial charge in [0.15, 0.2) is 0 Å². The normalized spacial score (nSPS) is 12.0. The Labute approximate surface area is 131 Å². The van der Waals surface area contributed by atoms with Crippen LogP contribution in [0.2, 0.25) is 0 Å². The summed E-state index contributed by atoms with van der Waals surface area (Å²) in [5.41, 5.74) is -0.505. The third kappa shape index (κ3) is 11.3. The molecule has 0 aliphatic heterocycles. The molecular weight excluding hydrogens is 296 g/mol. The van der Waals surface area contributed by atoms with Crippen molar-refractivity contribution in [3.63, 3.8) is 0 Å². The van der Waals surface area contributed by atoms with E-state index < -0.39 is 5.41 Å². The van der Waals surface area contributed by atoms with Crippen molar-refractivity contribution in [3.8, 4) is 0 Å². The van der Waals surface area contributed by atoms with Gasteiger partial charge in [-0.05, 0) is 6.42 Å². The van der Waals surface area contributed by atoms with Crippen LogP contribution in [0, 0.1) is 5.41 Å². The van der Waals surface area contributed by atoms with E-state index in [1.165, 1.54) is 0 Å². The Morgan fingerprint density at radius 1 is 0.500 bits per heavy atom. The molecular formula is C14H30O8. The zero-order valence-corrected chi connectivity index (χ0v) is 13.1. The SMILES string of the molecule is OCCOCCC(COCCO)(COCCO)COCCO. The Hall–Kier alpha value is -0.320. The van der Waals surface area contributed by atoms with Crippen molar-refractivity contribution in [2.45, 2.75) is 6.42 Å². The number of aliphatic hydroxyl groups is 4. The predicted octanol–water partition coefficient (Wildman–Crippen LogP) is -1.60. The third-order valence-corrected chi connectivity index (χ3v) is 2.94. The molecule has 0 aliphatic carbocycles. The lowest BCUT2D eigenvalue weighted by atomic mass is 9.87. The van der Waals surface area contributed by atoms with Gasteiger partial charge in [-0.1, -0.05) is 0 Å².